The Morgan fingerprint density at radius 2 is 1.88 bits per heavy atom. The van der Waals surface area contributed by atoms with Crippen molar-refractivity contribution >= 4 is 44.0 Å². The van der Waals surface area contributed by atoms with Crippen LogP contribution in [0.5, 0.6) is 10.9 Å². The molecular weight excluding hydrogens is 440 g/mol. The van der Waals surface area contributed by atoms with Gasteiger partial charge in [-0.05, 0) is 35.7 Å². The number of nitrogens with zero attached hydrogens (tertiary/aromatic N) is 4. The summed E-state index contributed by atoms with van der Waals surface area (Å²) in [5.41, 5.74) is 2.78. The van der Waals surface area contributed by atoms with E-state index in [9.17, 15) is 0 Å². The minimum atomic E-state index is 0.588. The quantitative estimate of drug-likeness (QED) is 0.327. The monoisotopic (exact) mass is 462 g/mol. The SMILES string of the molecule is c1csc(CN2CCN(Cc3coc4cc(Oc5nc6ncccc6s5)ccc34)CC2)c1. The van der Waals surface area contributed by atoms with E-state index < -0.39 is 0 Å². The molecule has 0 saturated carbocycles. The van der Waals surface area contributed by atoms with Gasteiger partial charge in [-0.1, -0.05) is 17.4 Å². The first-order chi connectivity index (χ1) is 15.8. The predicted octanol–water partition coefficient (Wildman–Crippen LogP) is 5.61. The molecule has 162 valence electrons. The first-order valence-corrected chi connectivity index (χ1v) is 12.4. The van der Waals surface area contributed by atoms with E-state index in [0.29, 0.717) is 10.8 Å². The molecule has 5 heterocycles. The molecule has 1 aliphatic rings. The van der Waals surface area contributed by atoms with Crippen molar-refractivity contribution in [1.29, 1.82) is 0 Å². The first-order valence-electron chi connectivity index (χ1n) is 10.7. The molecule has 1 fully saturated rings. The summed E-state index contributed by atoms with van der Waals surface area (Å²) in [5, 5.41) is 3.89. The van der Waals surface area contributed by atoms with Crippen molar-refractivity contribution in [1.82, 2.24) is 19.8 Å². The second-order valence-corrected chi connectivity index (χ2v) is 9.98. The normalized spacial score (nSPS) is 15.6. The number of furan rings is 1. The summed E-state index contributed by atoms with van der Waals surface area (Å²) in [6.45, 7) is 6.32. The van der Waals surface area contributed by atoms with Crippen molar-refractivity contribution in [2.24, 2.45) is 0 Å². The number of ether oxygens (including phenoxy) is 1. The van der Waals surface area contributed by atoms with Gasteiger partial charge in [0.2, 0.25) is 0 Å². The highest BCUT2D eigenvalue weighted by Gasteiger charge is 2.19. The summed E-state index contributed by atoms with van der Waals surface area (Å²) in [5.74, 6) is 0.722. The summed E-state index contributed by atoms with van der Waals surface area (Å²) < 4.78 is 12.9. The van der Waals surface area contributed by atoms with Crippen LogP contribution in [0, 0.1) is 0 Å². The van der Waals surface area contributed by atoms with Crippen LogP contribution in [0.4, 0.5) is 0 Å². The largest absolute Gasteiger partial charge is 0.464 e. The van der Waals surface area contributed by atoms with Gasteiger partial charge in [0.05, 0.1) is 11.0 Å². The number of fused-ring (bicyclic) bond motifs is 2. The van der Waals surface area contributed by atoms with Crippen LogP contribution in [0.1, 0.15) is 10.4 Å². The van der Waals surface area contributed by atoms with Gasteiger partial charge >= 0.3 is 0 Å². The molecule has 0 N–H and O–H groups in total. The molecule has 6 rings (SSSR count). The maximum atomic E-state index is 5.98. The van der Waals surface area contributed by atoms with Gasteiger partial charge in [0.15, 0.2) is 5.65 Å². The highest BCUT2D eigenvalue weighted by atomic mass is 32.1. The molecule has 0 atom stereocenters. The van der Waals surface area contributed by atoms with Crippen LogP contribution in [0.25, 0.3) is 21.3 Å². The van der Waals surface area contributed by atoms with Gasteiger partial charge in [-0.2, -0.15) is 4.98 Å². The summed E-state index contributed by atoms with van der Waals surface area (Å²) in [6, 6.07) is 14.3. The topological polar surface area (TPSA) is 54.6 Å². The van der Waals surface area contributed by atoms with Gasteiger partial charge in [-0.3, -0.25) is 9.80 Å². The zero-order valence-corrected chi connectivity index (χ0v) is 19.1. The third-order valence-electron chi connectivity index (χ3n) is 5.80. The van der Waals surface area contributed by atoms with Crippen molar-refractivity contribution in [2.75, 3.05) is 26.2 Å². The number of piperazine rings is 1. The smallest absolute Gasteiger partial charge is 0.281 e. The van der Waals surface area contributed by atoms with Crippen molar-refractivity contribution in [2.45, 2.75) is 13.1 Å². The summed E-state index contributed by atoms with van der Waals surface area (Å²) >= 11 is 3.33. The third kappa shape index (κ3) is 4.14. The predicted molar refractivity (Wildman–Crippen MR) is 129 cm³/mol. The molecule has 0 bridgehead atoms. The Balaban J connectivity index is 1.11. The Morgan fingerprint density at radius 3 is 2.69 bits per heavy atom. The number of benzene rings is 1. The van der Waals surface area contributed by atoms with Crippen LogP contribution >= 0.6 is 22.7 Å². The molecule has 0 radical (unpaired) electrons. The lowest BCUT2D eigenvalue weighted by Gasteiger charge is -2.34. The number of hydrogen-bond acceptors (Lipinski definition) is 8. The zero-order chi connectivity index (χ0) is 21.3. The molecule has 5 aromatic rings. The number of hydrogen-bond donors (Lipinski definition) is 0. The fourth-order valence-corrected chi connectivity index (χ4v) is 5.65. The summed E-state index contributed by atoms with van der Waals surface area (Å²) in [6.07, 6.45) is 3.62. The molecule has 32 heavy (non-hydrogen) atoms. The molecule has 8 heteroatoms. The van der Waals surface area contributed by atoms with Gasteiger partial charge in [-0.15, -0.1) is 11.3 Å². The lowest BCUT2D eigenvalue weighted by Crippen LogP contribution is -2.45. The Bertz CT molecular complexity index is 1300. The Kier molecular flexibility index (Phi) is 5.36. The van der Waals surface area contributed by atoms with Crippen molar-refractivity contribution in [3.8, 4) is 10.9 Å². The first kappa shape index (κ1) is 19.9. The molecule has 1 aliphatic heterocycles. The molecule has 0 aliphatic carbocycles. The van der Waals surface area contributed by atoms with Crippen LogP contribution in [0.15, 0.2) is 64.7 Å². The fourth-order valence-electron chi connectivity index (χ4n) is 4.11. The Morgan fingerprint density at radius 1 is 1.00 bits per heavy atom. The van der Waals surface area contributed by atoms with E-state index in [4.69, 9.17) is 9.15 Å². The lowest BCUT2D eigenvalue weighted by molar-refractivity contribution is 0.123. The molecule has 1 saturated heterocycles. The fraction of sp³-hybridized carbons (Fsp3) is 0.250. The third-order valence-corrected chi connectivity index (χ3v) is 7.55. The van der Waals surface area contributed by atoms with Crippen LogP contribution in [0.3, 0.4) is 0 Å². The van der Waals surface area contributed by atoms with Gasteiger partial charge in [0.1, 0.15) is 11.3 Å². The van der Waals surface area contributed by atoms with Crippen LogP contribution in [-0.4, -0.2) is 45.9 Å². The molecule has 6 nitrogen and oxygen atoms in total. The lowest BCUT2D eigenvalue weighted by atomic mass is 10.1. The van der Waals surface area contributed by atoms with Crippen LogP contribution in [-0.2, 0) is 13.1 Å². The number of pyridine rings is 1. The minimum Gasteiger partial charge on any atom is -0.464 e. The Labute approximate surface area is 193 Å². The van der Waals surface area contributed by atoms with Gasteiger partial charge < -0.3 is 9.15 Å². The van der Waals surface area contributed by atoms with E-state index in [1.165, 1.54) is 21.8 Å². The number of thiazole rings is 1. The molecule has 0 unspecified atom stereocenters. The van der Waals surface area contributed by atoms with E-state index in [1.54, 1.807) is 6.20 Å². The van der Waals surface area contributed by atoms with E-state index in [0.717, 1.165) is 60.7 Å². The minimum absolute atomic E-state index is 0.588. The van der Waals surface area contributed by atoms with Crippen LogP contribution in [0.2, 0.25) is 0 Å². The average molecular weight is 463 g/mol. The second-order valence-electron chi connectivity index (χ2n) is 7.96. The van der Waals surface area contributed by atoms with E-state index in [1.807, 2.05) is 41.9 Å². The maximum absolute atomic E-state index is 5.98. The average Bonchev–Trinajstić information content (AvgIpc) is 3.55. The maximum Gasteiger partial charge on any atom is 0.281 e. The highest BCUT2D eigenvalue weighted by Crippen LogP contribution is 2.33. The van der Waals surface area contributed by atoms with Crippen molar-refractivity contribution in [3.63, 3.8) is 0 Å². The van der Waals surface area contributed by atoms with E-state index >= 15 is 0 Å². The number of aromatic nitrogens is 2. The highest BCUT2D eigenvalue weighted by molar-refractivity contribution is 7.20. The second kappa shape index (κ2) is 8.63. The number of thiophene rings is 1. The molecular formula is C24H22N4O2S2. The van der Waals surface area contributed by atoms with Crippen molar-refractivity contribution < 1.29 is 9.15 Å². The van der Waals surface area contributed by atoms with E-state index in [2.05, 4.69) is 43.3 Å². The standard InChI is InChI=1S/C24H22N4O2S2/c1-4-22-23(25-7-1)26-24(32-22)30-18-5-6-20-17(16-29-21(20)13-18)14-27-8-10-28(11-9-27)15-19-3-2-12-31-19/h1-7,12-13,16H,8-11,14-15H2. The number of rotatable bonds is 6. The van der Waals surface area contributed by atoms with Gasteiger partial charge in [0.25, 0.3) is 5.19 Å². The van der Waals surface area contributed by atoms with E-state index in [-0.39, 0.29) is 0 Å². The molecule has 0 amide bonds. The zero-order valence-electron chi connectivity index (χ0n) is 17.4. The van der Waals surface area contributed by atoms with Crippen LogP contribution < -0.4 is 4.74 Å². The van der Waals surface area contributed by atoms with Gasteiger partial charge in [-0.25, -0.2) is 4.98 Å². The van der Waals surface area contributed by atoms with Gasteiger partial charge in [0, 0.05) is 67.4 Å². The van der Waals surface area contributed by atoms with Crippen molar-refractivity contribution in [3.05, 3.63) is 70.7 Å². The molecule has 0 spiro atoms. The molecule has 4 aromatic heterocycles. The Hall–Kier alpha value is -2.78. The summed E-state index contributed by atoms with van der Waals surface area (Å²) in [4.78, 5) is 15.2. The molecule has 1 aromatic carbocycles. The summed E-state index contributed by atoms with van der Waals surface area (Å²) in [7, 11) is 0.